The Morgan fingerprint density at radius 3 is 2.29 bits per heavy atom. The minimum absolute atomic E-state index is 0.0748. The predicted octanol–water partition coefficient (Wildman–Crippen LogP) is -0.288. The van der Waals surface area contributed by atoms with E-state index in [0.717, 1.165) is 0 Å². The van der Waals surface area contributed by atoms with E-state index in [-0.39, 0.29) is 6.04 Å². The number of hydrogen-bond acceptors (Lipinski definition) is 2. The van der Waals surface area contributed by atoms with Crippen LogP contribution in [0.1, 0.15) is 6.92 Å². The molecule has 0 unspecified atom stereocenters. The van der Waals surface area contributed by atoms with Crippen molar-refractivity contribution in [1.82, 2.24) is 0 Å². The van der Waals surface area contributed by atoms with Gasteiger partial charge in [0.2, 0.25) is 0 Å². The molecule has 0 saturated carbocycles. The first-order valence-corrected chi connectivity index (χ1v) is 3.91. The van der Waals surface area contributed by atoms with Gasteiger partial charge in [-0.2, -0.15) is 0 Å². The minimum Gasteiger partial charge on any atom is -0.327 e. The molecule has 0 aromatic rings. The second-order valence-electron chi connectivity index (χ2n) is 1.72. The molecule has 0 aromatic heterocycles. The third kappa shape index (κ3) is 6.11. The van der Waals surface area contributed by atoms with Crippen LogP contribution in [0.25, 0.3) is 0 Å². The monoisotopic (exact) mass is 121 g/mol. The van der Waals surface area contributed by atoms with Gasteiger partial charge in [0.25, 0.3) is 0 Å². The first-order valence-electron chi connectivity index (χ1n) is 2.18. The Hall–Kier alpha value is 0.110. The van der Waals surface area contributed by atoms with Gasteiger partial charge >= 0.3 is 0 Å². The lowest BCUT2D eigenvalue weighted by molar-refractivity contribution is 0.680. The zero-order valence-corrected chi connectivity index (χ0v) is 5.49. The fourth-order valence-electron chi connectivity index (χ4n) is 0.370. The Bertz CT molecular complexity index is 72.1. The van der Waals surface area contributed by atoms with E-state index >= 15 is 0 Å². The summed E-state index contributed by atoms with van der Waals surface area (Å²) in [7, 11) is -0.721. The van der Waals surface area contributed by atoms with E-state index in [9.17, 15) is 4.21 Å². The maximum absolute atomic E-state index is 10.3. The van der Waals surface area contributed by atoms with Crippen LogP contribution in [0.2, 0.25) is 0 Å². The first kappa shape index (κ1) is 7.11. The number of hydrogen-bond donors (Lipinski definition) is 1. The van der Waals surface area contributed by atoms with Gasteiger partial charge < -0.3 is 5.73 Å². The van der Waals surface area contributed by atoms with Crippen LogP contribution in [0.4, 0.5) is 0 Å². The van der Waals surface area contributed by atoms with Crippen molar-refractivity contribution in [3.63, 3.8) is 0 Å². The second-order valence-corrected chi connectivity index (χ2v) is 3.20. The van der Waals surface area contributed by atoms with Gasteiger partial charge in [-0.25, -0.2) is 0 Å². The molecule has 0 radical (unpaired) electrons. The average Bonchev–Trinajstić information content (AvgIpc) is 1.27. The maximum Gasteiger partial charge on any atom is 0.0381 e. The summed E-state index contributed by atoms with van der Waals surface area (Å²) < 4.78 is 10.3. The van der Waals surface area contributed by atoms with Crippen LogP contribution in [0.3, 0.4) is 0 Å². The smallest absolute Gasteiger partial charge is 0.0381 e. The summed E-state index contributed by atoms with van der Waals surface area (Å²) in [5.41, 5.74) is 5.30. The molecule has 0 aliphatic heterocycles. The lowest BCUT2D eigenvalue weighted by Gasteiger charge is -1.97. The van der Waals surface area contributed by atoms with Crippen molar-refractivity contribution in [1.29, 1.82) is 0 Å². The van der Waals surface area contributed by atoms with Crippen LogP contribution in [0.5, 0.6) is 0 Å². The standard InChI is InChI=1S/C4H11NOS/c1-4(5)3-7(2)6/h4H,3,5H2,1-2H3/t4-,7+/m1/s1. The van der Waals surface area contributed by atoms with Gasteiger partial charge in [-0.05, 0) is 6.92 Å². The molecule has 0 spiro atoms. The van der Waals surface area contributed by atoms with E-state index in [0.29, 0.717) is 5.75 Å². The Kier molecular flexibility index (Phi) is 3.21. The SMILES string of the molecule is C[C@@H](N)C[S@](C)=O. The molecule has 0 saturated heterocycles. The van der Waals surface area contributed by atoms with E-state index in [1.807, 2.05) is 6.92 Å². The van der Waals surface area contributed by atoms with Crippen molar-refractivity contribution in [2.75, 3.05) is 12.0 Å². The van der Waals surface area contributed by atoms with Gasteiger partial charge in [-0.15, -0.1) is 0 Å². The van der Waals surface area contributed by atoms with Gasteiger partial charge in [-0.1, -0.05) is 0 Å². The van der Waals surface area contributed by atoms with Crippen molar-refractivity contribution >= 4 is 10.8 Å². The molecule has 0 aliphatic carbocycles. The lowest BCUT2D eigenvalue weighted by atomic mass is 10.4. The average molecular weight is 121 g/mol. The molecule has 0 bridgehead atoms. The zero-order chi connectivity index (χ0) is 5.86. The highest BCUT2D eigenvalue weighted by Gasteiger charge is 1.93. The maximum atomic E-state index is 10.3. The van der Waals surface area contributed by atoms with E-state index in [2.05, 4.69) is 0 Å². The van der Waals surface area contributed by atoms with Gasteiger partial charge in [-0.3, -0.25) is 4.21 Å². The molecule has 2 nitrogen and oxygen atoms in total. The molecule has 0 heterocycles. The highest BCUT2D eigenvalue weighted by molar-refractivity contribution is 7.84. The summed E-state index contributed by atoms with van der Waals surface area (Å²) in [6.45, 7) is 1.85. The summed E-state index contributed by atoms with van der Waals surface area (Å²) in [6.07, 6.45) is 1.66. The minimum atomic E-state index is -0.721. The predicted molar refractivity (Wildman–Crippen MR) is 32.6 cm³/mol. The third-order valence-electron chi connectivity index (χ3n) is 0.498. The Morgan fingerprint density at radius 1 is 1.86 bits per heavy atom. The van der Waals surface area contributed by atoms with Crippen LogP contribution < -0.4 is 5.73 Å². The molecule has 0 aliphatic rings. The molecular weight excluding hydrogens is 110 g/mol. The fraction of sp³-hybridized carbons (Fsp3) is 1.00. The van der Waals surface area contributed by atoms with Crippen LogP contribution in [-0.2, 0) is 10.8 Å². The highest BCUT2D eigenvalue weighted by atomic mass is 32.2. The van der Waals surface area contributed by atoms with E-state index in [1.165, 1.54) is 0 Å². The normalized spacial score (nSPS) is 18.7. The van der Waals surface area contributed by atoms with Crippen LogP contribution in [0, 0.1) is 0 Å². The summed E-state index contributed by atoms with van der Waals surface area (Å²) in [4.78, 5) is 0. The molecule has 2 atom stereocenters. The summed E-state index contributed by atoms with van der Waals surface area (Å²) in [5, 5.41) is 0. The zero-order valence-electron chi connectivity index (χ0n) is 4.68. The largest absolute Gasteiger partial charge is 0.327 e. The van der Waals surface area contributed by atoms with Crippen LogP contribution in [-0.4, -0.2) is 22.3 Å². The van der Waals surface area contributed by atoms with E-state index in [4.69, 9.17) is 5.73 Å². The van der Waals surface area contributed by atoms with Crippen LogP contribution in [0.15, 0.2) is 0 Å². The molecular formula is C4H11NOS. The molecule has 0 aromatic carbocycles. The van der Waals surface area contributed by atoms with Gasteiger partial charge in [0.15, 0.2) is 0 Å². The number of nitrogens with two attached hydrogens (primary N) is 1. The summed E-state index contributed by atoms with van der Waals surface area (Å²) in [6, 6.07) is 0.0748. The van der Waals surface area contributed by atoms with Gasteiger partial charge in [0.05, 0.1) is 0 Å². The van der Waals surface area contributed by atoms with Crippen molar-refractivity contribution in [2.45, 2.75) is 13.0 Å². The topological polar surface area (TPSA) is 43.1 Å². The van der Waals surface area contributed by atoms with Crippen molar-refractivity contribution in [3.8, 4) is 0 Å². The molecule has 0 amide bonds. The molecule has 0 rings (SSSR count). The second kappa shape index (κ2) is 3.16. The van der Waals surface area contributed by atoms with Crippen molar-refractivity contribution < 1.29 is 4.21 Å². The molecule has 2 N–H and O–H groups in total. The van der Waals surface area contributed by atoms with Gasteiger partial charge in [0, 0.05) is 28.9 Å². The Morgan fingerprint density at radius 2 is 2.29 bits per heavy atom. The Balaban J connectivity index is 3.13. The fourth-order valence-corrected chi connectivity index (χ4v) is 1.11. The summed E-state index contributed by atoms with van der Waals surface area (Å²) >= 11 is 0. The molecule has 3 heteroatoms. The summed E-state index contributed by atoms with van der Waals surface area (Å²) in [5.74, 6) is 0.611. The van der Waals surface area contributed by atoms with Gasteiger partial charge in [0.1, 0.15) is 0 Å². The van der Waals surface area contributed by atoms with E-state index < -0.39 is 10.8 Å². The first-order chi connectivity index (χ1) is 3.13. The molecule has 44 valence electrons. The van der Waals surface area contributed by atoms with Crippen molar-refractivity contribution in [2.24, 2.45) is 5.73 Å². The number of rotatable bonds is 2. The highest BCUT2D eigenvalue weighted by Crippen LogP contribution is 1.77. The third-order valence-corrected chi connectivity index (χ3v) is 1.49. The van der Waals surface area contributed by atoms with E-state index in [1.54, 1.807) is 6.26 Å². The molecule has 0 fully saturated rings. The molecule has 7 heavy (non-hydrogen) atoms. The lowest BCUT2D eigenvalue weighted by Crippen LogP contribution is -2.22. The quantitative estimate of drug-likeness (QED) is 0.545. The Labute approximate surface area is 46.5 Å². The van der Waals surface area contributed by atoms with Crippen molar-refractivity contribution in [3.05, 3.63) is 0 Å². The van der Waals surface area contributed by atoms with Crippen LogP contribution >= 0.6 is 0 Å².